The Kier molecular flexibility index (Phi) is 6.66. The van der Waals surface area contributed by atoms with E-state index in [1.165, 1.54) is 12.1 Å². The van der Waals surface area contributed by atoms with E-state index in [-0.39, 0.29) is 10.8 Å². The molecule has 0 aliphatic carbocycles. The highest BCUT2D eigenvalue weighted by Crippen LogP contribution is 2.12. The Hall–Kier alpha value is -2.25. The van der Waals surface area contributed by atoms with Gasteiger partial charge in [0, 0.05) is 38.1 Å². The number of hydrogen-bond donors (Lipinski definition) is 1. The number of amides is 1. The van der Waals surface area contributed by atoms with Gasteiger partial charge in [-0.2, -0.15) is 0 Å². The zero-order chi connectivity index (χ0) is 18.3. The lowest BCUT2D eigenvalue weighted by Crippen LogP contribution is -2.29. The summed E-state index contributed by atoms with van der Waals surface area (Å²) >= 11 is 0. The Morgan fingerprint density at radius 2 is 1.76 bits per heavy atom. The second-order valence-corrected chi connectivity index (χ2v) is 7.52. The normalized spacial score (nSPS) is 11.3. The molecule has 0 bridgehead atoms. The molecule has 0 unspecified atom stereocenters. The highest BCUT2D eigenvalue weighted by Gasteiger charge is 2.16. The van der Waals surface area contributed by atoms with Crippen LogP contribution in [0.3, 0.4) is 0 Å². The quantitative estimate of drug-likeness (QED) is 0.781. The number of nitrogens with zero attached hydrogens (tertiary/aromatic N) is 2. The minimum Gasteiger partial charge on any atom is -0.341 e. The van der Waals surface area contributed by atoms with E-state index in [0.717, 1.165) is 18.4 Å². The van der Waals surface area contributed by atoms with Crippen LogP contribution in [0.5, 0.6) is 0 Å². The molecule has 1 aromatic heterocycles. The van der Waals surface area contributed by atoms with E-state index in [1.54, 1.807) is 36.5 Å². The summed E-state index contributed by atoms with van der Waals surface area (Å²) in [7, 11) is -1.78. The number of carbonyl (C=O) groups excluding carboxylic acids is 1. The van der Waals surface area contributed by atoms with Gasteiger partial charge in [-0.3, -0.25) is 9.78 Å². The fourth-order valence-electron chi connectivity index (χ4n) is 2.26. The summed E-state index contributed by atoms with van der Waals surface area (Å²) in [5, 5.41) is 0. The summed E-state index contributed by atoms with van der Waals surface area (Å²) < 4.78 is 26.6. The lowest BCUT2D eigenvalue weighted by Gasteiger charge is -2.17. The van der Waals surface area contributed by atoms with E-state index >= 15 is 0 Å². The van der Waals surface area contributed by atoms with Crippen LogP contribution >= 0.6 is 0 Å². The number of carbonyl (C=O) groups is 1. The molecular weight excluding hydrogens is 338 g/mol. The molecule has 0 aliphatic rings. The van der Waals surface area contributed by atoms with Crippen LogP contribution < -0.4 is 4.72 Å². The standard InChI is InChI=1S/C18H23N3O3S/c1-3-11-20-25(23,24)17-6-4-16(5-7-17)18(22)21(2)14-10-15-8-12-19-13-9-15/h4-9,12-13,20H,3,10-11,14H2,1-2H3. The van der Waals surface area contributed by atoms with Gasteiger partial charge in [-0.15, -0.1) is 0 Å². The number of rotatable bonds is 8. The van der Waals surface area contributed by atoms with Gasteiger partial charge in [-0.25, -0.2) is 13.1 Å². The smallest absolute Gasteiger partial charge is 0.253 e. The summed E-state index contributed by atoms with van der Waals surface area (Å²) in [6.07, 6.45) is 4.90. The fourth-order valence-corrected chi connectivity index (χ4v) is 3.40. The second-order valence-electron chi connectivity index (χ2n) is 5.75. The third-order valence-corrected chi connectivity index (χ3v) is 5.26. The molecule has 0 aliphatic heterocycles. The maximum absolute atomic E-state index is 12.4. The average molecular weight is 361 g/mol. The largest absolute Gasteiger partial charge is 0.341 e. The van der Waals surface area contributed by atoms with Crippen LogP contribution in [0.4, 0.5) is 0 Å². The molecule has 0 atom stereocenters. The summed E-state index contributed by atoms with van der Waals surface area (Å²) in [6, 6.07) is 9.85. The van der Waals surface area contributed by atoms with Gasteiger partial charge in [0.25, 0.3) is 5.91 Å². The number of hydrogen-bond acceptors (Lipinski definition) is 4. The first-order chi connectivity index (χ1) is 11.9. The molecule has 134 valence electrons. The number of benzene rings is 1. The van der Waals surface area contributed by atoms with Gasteiger partial charge in [-0.1, -0.05) is 6.92 Å². The molecule has 0 radical (unpaired) electrons. The number of likely N-dealkylation sites (N-methyl/N-ethyl adjacent to an activating group) is 1. The molecule has 1 amide bonds. The monoisotopic (exact) mass is 361 g/mol. The highest BCUT2D eigenvalue weighted by molar-refractivity contribution is 7.89. The predicted molar refractivity (Wildman–Crippen MR) is 96.8 cm³/mol. The van der Waals surface area contributed by atoms with E-state index in [4.69, 9.17) is 0 Å². The van der Waals surface area contributed by atoms with Gasteiger partial charge in [0.05, 0.1) is 4.90 Å². The van der Waals surface area contributed by atoms with Gasteiger partial charge >= 0.3 is 0 Å². The first kappa shape index (κ1) is 19.1. The first-order valence-corrected chi connectivity index (χ1v) is 9.66. The number of nitrogens with one attached hydrogen (secondary N) is 1. The van der Waals surface area contributed by atoms with Gasteiger partial charge in [0.15, 0.2) is 0 Å². The van der Waals surface area contributed by atoms with Crippen molar-refractivity contribution in [3.8, 4) is 0 Å². The maximum Gasteiger partial charge on any atom is 0.253 e. The maximum atomic E-state index is 12.4. The Bertz CT molecular complexity index is 790. The third kappa shape index (κ3) is 5.37. The minimum absolute atomic E-state index is 0.139. The molecule has 0 spiro atoms. The van der Waals surface area contributed by atoms with Crippen molar-refractivity contribution < 1.29 is 13.2 Å². The van der Waals surface area contributed by atoms with Gasteiger partial charge in [0.2, 0.25) is 10.0 Å². The van der Waals surface area contributed by atoms with Crippen molar-refractivity contribution in [2.24, 2.45) is 0 Å². The SMILES string of the molecule is CCCNS(=O)(=O)c1ccc(C(=O)N(C)CCc2ccncc2)cc1. The molecular formula is C18H23N3O3S. The van der Waals surface area contributed by atoms with Crippen LogP contribution in [0, 0.1) is 0 Å². The number of aromatic nitrogens is 1. The van der Waals surface area contributed by atoms with Crippen LogP contribution in [-0.4, -0.2) is 44.3 Å². The van der Waals surface area contributed by atoms with Gasteiger partial charge < -0.3 is 4.90 Å². The summed E-state index contributed by atoms with van der Waals surface area (Å²) in [5.74, 6) is -0.139. The molecule has 2 rings (SSSR count). The highest BCUT2D eigenvalue weighted by atomic mass is 32.2. The molecule has 1 aromatic carbocycles. The van der Waals surface area contributed by atoms with Crippen molar-refractivity contribution in [1.29, 1.82) is 0 Å². The first-order valence-electron chi connectivity index (χ1n) is 8.18. The fraction of sp³-hybridized carbons (Fsp3) is 0.333. The Morgan fingerprint density at radius 1 is 1.12 bits per heavy atom. The summed E-state index contributed by atoms with van der Waals surface area (Å²) in [4.78, 5) is 18.2. The molecule has 0 fully saturated rings. The Balaban J connectivity index is 1.99. The van der Waals surface area contributed by atoms with Crippen molar-refractivity contribution in [2.45, 2.75) is 24.7 Å². The molecule has 0 saturated carbocycles. The van der Waals surface area contributed by atoms with Crippen LogP contribution in [0.2, 0.25) is 0 Å². The zero-order valence-corrected chi connectivity index (χ0v) is 15.3. The van der Waals surface area contributed by atoms with Gasteiger partial charge in [-0.05, 0) is 54.8 Å². The van der Waals surface area contributed by atoms with Crippen LogP contribution in [0.15, 0.2) is 53.7 Å². The Labute approximate surface area is 148 Å². The molecule has 25 heavy (non-hydrogen) atoms. The van der Waals surface area contributed by atoms with Crippen molar-refractivity contribution in [1.82, 2.24) is 14.6 Å². The second kappa shape index (κ2) is 8.73. The van der Waals surface area contributed by atoms with Crippen molar-refractivity contribution in [3.63, 3.8) is 0 Å². The summed E-state index contributed by atoms with van der Waals surface area (Å²) in [5.41, 5.74) is 1.57. The topological polar surface area (TPSA) is 79.4 Å². The molecule has 1 heterocycles. The van der Waals surface area contributed by atoms with Gasteiger partial charge in [0.1, 0.15) is 0 Å². The van der Waals surface area contributed by atoms with E-state index in [1.807, 2.05) is 19.1 Å². The third-order valence-electron chi connectivity index (χ3n) is 3.79. The predicted octanol–water partition coefficient (Wildman–Crippen LogP) is 2.08. The zero-order valence-electron chi connectivity index (χ0n) is 14.5. The molecule has 2 aromatic rings. The summed E-state index contributed by atoms with van der Waals surface area (Å²) in [6.45, 7) is 2.85. The van der Waals surface area contributed by atoms with Crippen molar-refractivity contribution in [2.75, 3.05) is 20.1 Å². The Morgan fingerprint density at radius 3 is 2.36 bits per heavy atom. The van der Waals surface area contributed by atoms with Crippen LogP contribution in [0.25, 0.3) is 0 Å². The van der Waals surface area contributed by atoms with Crippen LogP contribution in [-0.2, 0) is 16.4 Å². The van der Waals surface area contributed by atoms with E-state index in [2.05, 4.69) is 9.71 Å². The average Bonchev–Trinajstić information content (AvgIpc) is 2.65. The van der Waals surface area contributed by atoms with E-state index < -0.39 is 10.0 Å². The molecule has 6 nitrogen and oxygen atoms in total. The number of sulfonamides is 1. The minimum atomic E-state index is -3.51. The molecule has 0 saturated heterocycles. The van der Waals surface area contributed by atoms with Crippen molar-refractivity contribution >= 4 is 15.9 Å². The lowest BCUT2D eigenvalue weighted by atomic mass is 10.1. The number of pyridine rings is 1. The lowest BCUT2D eigenvalue weighted by molar-refractivity contribution is 0.0796. The van der Waals surface area contributed by atoms with E-state index in [9.17, 15) is 13.2 Å². The van der Waals surface area contributed by atoms with Crippen LogP contribution in [0.1, 0.15) is 29.3 Å². The molecule has 1 N–H and O–H groups in total. The molecule has 7 heteroatoms. The van der Waals surface area contributed by atoms with Crippen molar-refractivity contribution in [3.05, 3.63) is 59.9 Å². The van der Waals surface area contributed by atoms with E-state index in [0.29, 0.717) is 18.7 Å².